The maximum atomic E-state index is 11.9. The van der Waals surface area contributed by atoms with E-state index in [1.54, 1.807) is 22.9 Å². The second-order valence-electron chi connectivity index (χ2n) is 4.96. The van der Waals surface area contributed by atoms with Crippen LogP contribution in [0.5, 0.6) is 0 Å². The van der Waals surface area contributed by atoms with Gasteiger partial charge in [-0.05, 0) is 31.4 Å². The molecule has 6 nitrogen and oxygen atoms in total. The Bertz CT molecular complexity index is 777. The number of carbonyl (C=O) groups is 1. The Labute approximate surface area is 139 Å². The molecule has 7 heteroatoms. The maximum Gasteiger partial charge on any atom is 0.251 e. The van der Waals surface area contributed by atoms with Gasteiger partial charge < -0.3 is 10.6 Å². The predicted octanol–water partition coefficient (Wildman–Crippen LogP) is 3.15. The number of rotatable bonds is 4. The minimum Gasteiger partial charge on any atom is -0.364 e. The molecule has 0 atom stereocenters. The third-order valence-corrected chi connectivity index (χ3v) is 4.28. The zero-order chi connectivity index (χ0) is 16.4. The fourth-order valence-electron chi connectivity index (χ4n) is 2.43. The molecule has 1 aliphatic heterocycles. The molecule has 2 aromatic rings. The summed E-state index contributed by atoms with van der Waals surface area (Å²) in [5, 5.41) is 6.59. The smallest absolute Gasteiger partial charge is 0.251 e. The molecular weight excluding hydrogens is 310 g/mol. The van der Waals surface area contributed by atoms with Crippen LogP contribution in [0, 0.1) is 6.92 Å². The number of aryl methyl sites for hydroxylation is 1. The number of thioether (sulfide) groups is 1. The van der Waals surface area contributed by atoms with Crippen LogP contribution in [-0.2, 0) is 4.79 Å². The molecule has 2 heterocycles. The molecule has 1 amide bonds. The van der Waals surface area contributed by atoms with Crippen LogP contribution in [0.1, 0.15) is 5.82 Å². The van der Waals surface area contributed by atoms with Crippen molar-refractivity contribution in [3.05, 3.63) is 42.9 Å². The van der Waals surface area contributed by atoms with Gasteiger partial charge in [-0.2, -0.15) is 0 Å². The van der Waals surface area contributed by atoms with E-state index in [0.29, 0.717) is 12.5 Å². The molecule has 0 bridgehead atoms. The van der Waals surface area contributed by atoms with Crippen LogP contribution < -0.4 is 15.5 Å². The van der Waals surface area contributed by atoms with E-state index in [2.05, 4.69) is 27.2 Å². The Balaban J connectivity index is 1.97. The highest BCUT2D eigenvalue weighted by atomic mass is 32.2. The zero-order valence-corrected chi connectivity index (χ0v) is 13.8. The number of nitrogens with one attached hydrogen (secondary N) is 2. The van der Waals surface area contributed by atoms with E-state index in [4.69, 9.17) is 0 Å². The summed E-state index contributed by atoms with van der Waals surface area (Å²) in [6.45, 7) is 5.83. The van der Waals surface area contributed by atoms with Gasteiger partial charge in [0.25, 0.3) is 5.91 Å². The topological polar surface area (TPSA) is 70.2 Å². The van der Waals surface area contributed by atoms with Crippen LogP contribution in [0.4, 0.5) is 22.9 Å². The van der Waals surface area contributed by atoms with Crippen LogP contribution in [0.15, 0.2) is 41.9 Å². The zero-order valence-electron chi connectivity index (χ0n) is 13.0. The largest absolute Gasteiger partial charge is 0.364 e. The van der Waals surface area contributed by atoms with Crippen molar-refractivity contribution >= 4 is 40.5 Å². The van der Waals surface area contributed by atoms with E-state index in [1.807, 2.05) is 31.4 Å². The Hall–Kier alpha value is -2.54. The van der Waals surface area contributed by atoms with E-state index in [-0.39, 0.29) is 5.91 Å². The van der Waals surface area contributed by atoms with Crippen molar-refractivity contribution in [3.8, 4) is 0 Å². The molecule has 0 saturated carbocycles. The molecule has 2 N–H and O–H groups in total. The number of aromatic nitrogens is 2. The summed E-state index contributed by atoms with van der Waals surface area (Å²) in [6, 6.07) is 5.77. The molecule has 118 valence electrons. The van der Waals surface area contributed by atoms with E-state index in [9.17, 15) is 4.79 Å². The number of para-hydroxylation sites is 1. The van der Waals surface area contributed by atoms with Crippen molar-refractivity contribution in [2.45, 2.75) is 11.8 Å². The average Bonchev–Trinajstić information content (AvgIpc) is 2.99. The molecular formula is C16H17N5OS. The lowest BCUT2D eigenvalue weighted by Gasteiger charge is -2.15. The van der Waals surface area contributed by atoms with E-state index in [0.717, 1.165) is 27.8 Å². The minimum absolute atomic E-state index is 0.129. The maximum absolute atomic E-state index is 11.9. The first-order valence-corrected chi connectivity index (χ1v) is 8.32. The van der Waals surface area contributed by atoms with Crippen molar-refractivity contribution < 1.29 is 4.79 Å². The standard InChI is InChI=1S/C16H17N5OS/c1-4-14(22)21-9-18-15-11(6-5-7-12(15)21)20-16-13(23-3)8-17-10(2)19-16/h4-8,18H,1,9H2,2-3H3,(H,17,19,20). The van der Waals surface area contributed by atoms with Crippen molar-refractivity contribution in [3.63, 3.8) is 0 Å². The van der Waals surface area contributed by atoms with Gasteiger partial charge in [0.1, 0.15) is 11.6 Å². The number of hydrogen-bond acceptors (Lipinski definition) is 6. The van der Waals surface area contributed by atoms with Crippen LogP contribution in [0.3, 0.4) is 0 Å². The third kappa shape index (κ3) is 2.87. The fraction of sp³-hybridized carbons (Fsp3) is 0.188. The van der Waals surface area contributed by atoms with Crippen LogP contribution in [-0.4, -0.2) is 28.8 Å². The molecule has 0 radical (unpaired) electrons. The number of fused-ring (bicyclic) bond motifs is 1. The summed E-state index contributed by atoms with van der Waals surface area (Å²) < 4.78 is 0. The van der Waals surface area contributed by atoms with Crippen molar-refractivity contribution in [2.24, 2.45) is 0 Å². The number of hydrogen-bond donors (Lipinski definition) is 2. The summed E-state index contributed by atoms with van der Waals surface area (Å²) in [5.74, 6) is 1.33. The highest BCUT2D eigenvalue weighted by molar-refractivity contribution is 7.98. The van der Waals surface area contributed by atoms with Gasteiger partial charge in [0.15, 0.2) is 0 Å². The quantitative estimate of drug-likeness (QED) is 0.664. The van der Waals surface area contributed by atoms with Gasteiger partial charge in [-0.15, -0.1) is 11.8 Å². The predicted molar refractivity (Wildman–Crippen MR) is 94.4 cm³/mol. The van der Waals surface area contributed by atoms with E-state index in [1.165, 1.54) is 6.08 Å². The summed E-state index contributed by atoms with van der Waals surface area (Å²) in [6.07, 6.45) is 5.10. The second kappa shape index (κ2) is 6.29. The molecule has 0 aliphatic carbocycles. The molecule has 0 unspecified atom stereocenters. The Morgan fingerprint density at radius 3 is 3.09 bits per heavy atom. The van der Waals surface area contributed by atoms with Gasteiger partial charge in [-0.25, -0.2) is 9.97 Å². The lowest BCUT2D eigenvalue weighted by molar-refractivity contribution is -0.114. The van der Waals surface area contributed by atoms with E-state index >= 15 is 0 Å². The molecule has 0 spiro atoms. The molecule has 1 aliphatic rings. The lowest BCUT2D eigenvalue weighted by Crippen LogP contribution is -2.28. The monoisotopic (exact) mass is 327 g/mol. The molecule has 0 fully saturated rings. The summed E-state index contributed by atoms with van der Waals surface area (Å²) in [4.78, 5) is 23.2. The lowest BCUT2D eigenvalue weighted by atomic mass is 10.2. The van der Waals surface area contributed by atoms with Crippen LogP contribution >= 0.6 is 11.8 Å². The second-order valence-corrected chi connectivity index (χ2v) is 5.81. The SMILES string of the molecule is C=CC(=O)N1CNc2c(Nc3nc(C)ncc3SC)cccc21. The third-order valence-electron chi connectivity index (χ3n) is 3.54. The molecule has 0 saturated heterocycles. The molecule has 23 heavy (non-hydrogen) atoms. The highest BCUT2D eigenvalue weighted by Gasteiger charge is 2.25. The van der Waals surface area contributed by atoms with Crippen LogP contribution in [0.2, 0.25) is 0 Å². The van der Waals surface area contributed by atoms with Gasteiger partial charge in [0.05, 0.1) is 28.6 Å². The van der Waals surface area contributed by atoms with Gasteiger partial charge in [0, 0.05) is 6.20 Å². The average molecular weight is 327 g/mol. The Morgan fingerprint density at radius 1 is 1.52 bits per heavy atom. The first kappa shape index (κ1) is 15.4. The number of anilines is 4. The summed E-state index contributed by atoms with van der Waals surface area (Å²) in [5.41, 5.74) is 2.58. The molecule has 1 aromatic heterocycles. The number of amides is 1. The first-order chi connectivity index (χ1) is 11.1. The normalized spacial score (nSPS) is 12.5. The van der Waals surface area contributed by atoms with Crippen molar-refractivity contribution in [1.29, 1.82) is 0 Å². The van der Waals surface area contributed by atoms with Gasteiger partial charge in [-0.3, -0.25) is 9.69 Å². The van der Waals surface area contributed by atoms with Crippen molar-refractivity contribution in [1.82, 2.24) is 9.97 Å². The fourth-order valence-corrected chi connectivity index (χ4v) is 2.88. The Kier molecular flexibility index (Phi) is 4.20. The van der Waals surface area contributed by atoms with Crippen LogP contribution in [0.25, 0.3) is 0 Å². The first-order valence-electron chi connectivity index (χ1n) is 7.09. The number of benzene rings is 1. The summed E-state index contributed by atoms with van der Waals surface area (Å²) in [7, 11) is 0. The summed E-state index contributed by atoms with van der Waals surface area (Å²) >= 11 is 1.58. The Morgan fingerprint density at radius 2 is 2.35 bits per heavy atom. The minimum atomic E-state index is -0.129. The molecule has 1 aromatic carbocycles. The van der Waals surface area contributed by atoms with Crippen molar-refractivity contribution in [2.75, 3.05) is 28.5 Å². The van der Waals surface area contributed by atoms with Gasteiger partial charge >= 0.3 is 0 Å². The number of carbonyl (C=O) groups excluding carboxylic acids is 1. The van der Waals surface area contributed by atoms with Gasteiger partial charge in [-0.1, -0.05) is 12.6 Å². The number of nitrogens with zero attached hydrogens (tertiary/aromatic N) is 3. The highest BCUT2D eigenvalue weighted by Crippen LogP contribution is 2.39. The van der Waals surface area contributed by atoms with E-state index < -0.39 is 0 Å². The molecule has 3 rings (SSSR count). The van der Waals surface area contributed by atoms with Gasteiger partial charge in [0.2, 0.25) is 0 Å².